The van der Waals surface area contributed by atoms with Crippen molar-refractivity contribution in [2.75, 3.05) is 0 Å². The fourth-order valence-electron chi connectivity index (χ4n) is 3.44. The van der Waals surface area contributed by atoms with Crippen LogP contribution >= 0.6 is 0 Å². The summed E-state index contributed by atoms with van der Waals surface area (Å²) < 4.78 is 14.9. The van der Waals surface area contributed by atoms with Gasteiger partial charge in [0.1, 0.15) is 11.3 Å². The molecule has 0 bridgehead atoms. The van der Waals surface area contributed by atoms with Gasteiger partial charge in [-0.15, -0.1) is 0 Å². The third-order valence-electron chi connectivity index (χ3n) is 4.77. The van der Waals surface area contributed by atoms with Crippen LogP contribution in [0.2, 0.25) is 0 Å². The van der Waals surface area contributed by atoms with Crippen molar-refractivity contribution >= 4 is 27.7 Å². The smallest absolute Gasteiger partial charge is 0.288 e. The number of halogens is 1. The third-order valence-corrected chi connectivity index (χ3v) is 4.77. The molecule has 0 atom stereocenters. The second-order valence-electron chi connectivity index (χ2n) is 6.64. The molecule has 0 saturated carbocycles. The van der Waals surface area contributed by atoms with Gasteiger partial charge in [0.15, 0.2) is 0 Å². The maximum Gasteiger partial charge on any atom is 0.288 e. The van der Waals surface area contributed by atoms with Crippen molar-refractivity contribution < 1.29 is 9.18 Å². The van der Waals surface area contributed by atoms with Crippen LogP contribution in [0.1, 0.15) is 18.4 Å². The Kier molecular flexibility index (Phi) is 4.89. The highest BCUT2D eigenvalue weighted by Crippen LogP contribution is 2.26. The summed E-state index contributed by atoms with van der Waals surface area (Å²) in [5.41, 5.74) is 2.12. The van der Waals surface area contributed by atoms with E-state index in [0.29, 0.717) is 31.4 Å². The highest BCUT2D eigenvalue weighted by molar-refractivity contribution is 6.07. The van der Waals surface area contributed by atoms with E-state index in [1.54, 1.807) is 18.3 Å². The van der Waals surface area contributed by atoms with Crippen molar-refractivity contribution in [3.8, 4) is 0 Å². The number of amides is 1. The minimum Gasteiger partial charge on any atom is -0.352 e. The van der Waals surface area contributed by atoms with E-state index in [1.165, 1.54) is 12.1 Å². The number of fused-ring (bicyclic) bond motifs is 3. The molecular weight excluding hydrogens is 359 g/mol. The number of carbonyl (C=O) groups excluding carboxylic acids is 1. The van der Waals surface area contributed by atoms with Crippen LogP contribution in [-0.2, 0) is 17.9 Å². The van der Waals surface area contributed by atoms with Gasteiger partial charge in [-0.05, 0) is 30.2 Å². The average Bonchev–Trinajstić information content (AvgIpc) is 3.03. The molecule has 4 aromatic rings. The first-order valence-corrected chi connectivity index (χ1v) is 9.09. The number of hydrogen-bond acceptors (Lipinski definition) is 3. The Morgan fingerprint density at radius 3 is 2.71 bits per heavy atom. The molecule has 6 nitrogen and oxygen atoms in total. The zero-order chi connectivity index (χ0) is 19.5. The maximum atomic E-state index is 12.9. The number of aromatic nitrogens is 3. The number of nitrogens with zero attached hydrogens (tertiary/aromatic N) is 2. The van der Waals surface area contributed by atoms with E-state index in [2.05, 4.69) is 15.5 Å². The molecule has 0 radical (unpaired) electrons. The molecular formula is C21H19FN4O2. The van der Waals surface area contributed by atoms with Crippen LogP contribution in [0.5, 0.6) is 0 Å². The number of H-pyrrole nitrogens is 1. The molecule has 0 aliphatic carbocycles. The molecule has 0 aliphatic rings. The van der Waals surface area contributed by atoms with Gasteiger partial charge in [-0.25, -0.2) is 9.49 Å². The summed E-state index contributed by atoms with van der Waals surface area (Å²) in [6.07, 6.45) is 2.58. The largest absolute Gasteiger partial charge is 0.352 e. The predicted molar refractivity (Wildman–Crippen MR) is 105 cm³/mol. The molecule has 1 amide bonds. The monoisotopic (exact) mass is 378 g/mol. The molecule has 0 unspecified atom stereocenters. The van der Waals surface area contributed by atoms with Crippen molar-refractivity contribution in [2.45, 2.75) is 25.9 Å². The van der Waals surface area contributed by atoms with E-state index in [-0.39, 0.29) is 17.3 Å². The highest BCUT2D eigenvalue weighted by atomic mass is 19.1. The second-order valence-corrected chi connectivity index (χ2v) is 6.64. The Hall–Kier alpha value is -3.48. The fraction of sp³-hybridized carbons (Fsp3) is 0.190. The van der Waals surface area contributed by atoms with Gasteiger partial charge in [-0.2, -0.15) is 5.10 Å². The van der Waals surface area contributed by atoms with E-state index < -0.39 is 0 Å². The first-order chi connectivity index (χ1) is 13.6. The Labute approximate surface area is 160 Å². The zero-order valence-corrected chi connectivity index (χ0v) is 15.1. The van der Waals surface area contributed by atoms with E-state index >= 15 is 0 Å². The van der Waals surface area contributed by atoms with Crippen molar-refractivity contribution in [2.24, 2.45) is 0 Å². The zero-order valence-electron chi connectivity index (χ0n) is 15.1. The van der Waals surface area contributed by atoms with Crippen LogP contribution in [0.4, 0.5) is 4.39 Å². The van der Waals surface area contributed by atoms with Crippen LogP contribution in [0.15, 0.2) is 59.5 Å². The van der Waals surface area contributed by atoms with Gasteiger partial charge < -0.3 is 9.88 Å². The lowest BCUT2D eigenvalue weighted by atomic mass is 10.2. The molecule has 7 heteroatoms. The normalized spacial score (nSPS) is 11.2. The number of aryl methyl sites for hydroxylation is 1. The third kappa shape index (κ3) is 3.51. The quantitative estimate of drug-likeness (QED) is 0.541. The Morgan fingerprint density at radius 1 is 1.11 bits per heavy atom. The number of nitrogens with one attached hydrogen (secondary N) is 2. The molecule has 0 spiro atoms. The first kappa shape index (κ1) is 17.9. The van der Waals surface area contributed by atoms with Crippen LogP contribution < -0.4 is 10.9 Å². The molecule has 4 rings (SSSR count). The summed E-state index contributed by atoms with van der Waals surface area (Å²) in [6, 6.07) is 13.8. The minimum absolute atomic E-state index is 0.0827. The summed E-state index contributed by atoms with van der Waals surface area (Å²) in [5.74, 6) is -0.382. The summed E-state index contributed by atoms with van der Waals surface area (Å²) in [6.45, 7) is 0.904. The van der Waals surface area contributed by atoms with Crippen molar-refractivity contribution in [1.29, 1.82) is 0 Å². The number of hydrogen-bond donors (Lipinski definition) is 2. The van der Waals surface area contributed by atoms with Crippen LogP contribution in [0.25, 0.3) is 21.8 Å². The lowest BCUT2D eigenvalue weighted by Crippen LogP contribution is -2.23. The number of benzene rings is 2. The summed E-state index contributed by atoms with van der Waals surface area (Å²) in [4.78, 5) is 24.4. The van der Waals surface area contributed by atoms with E-state index in [0.717, 1.165) is 21.9 Å². The van der Waals surface area contributed by atoms with Crippen molar-refractivity contribution in [3.05, 3.63) is 76.5 Å². The molecule has 0 fully saturated rings. The predicted octanol–water partition coefficient (Wildman–Crippen LogP) is 3.11. The Balaban J connectivity index is 1.44. The van der Waals surface area contributed by atoms with E-state index in [9.17, 15) is 14.0 Å². The molecule has 0 saturated heterocycles. The lowest BCUT2D eigenvalue weighted by molar-refractivity contribution is -0.121. The Bertz CT molecular complexity index is 1190. The Morgan fingerprint density at radius 2 is 1.89 bits per heavy atom. The summed E-state index contributed by atoms with van der Waals surface area (Å²) in [5, 5.41) is 11.0. The van der Waals surface area contributed by atoms with E-state index in [4.69, 9.17) is 0 Å². The fourth-order valence-corrected chi connectivity index (χ4v) is 3.44. The molecule has 2 N–H and O–H groups in total. The average molecular weight is 378 g/mol. The second kappa shape index (κ2) is 7.64. The maximum absolute atomic E-state index is 12.9. The van der Waals surface area contributed by atoms with Gasteiger partial charge in [-0.3, -0.25) is 9.59 Å². The van der Waals surface area contributed by atoms with Gasteiger partial charge in [0, 0.05) is 35.8 Å². The lowest BCUT2D eigenvalue weighted by Gasteiger charge is -2.08. The molecule has 28 heavy (non-hydrogen) atoms. The van der Waals surface area contributed by atoms with Crippen LogP contribution in [0.3, 0.4) is 0 Å². The molecule has 2 heterocycles. The van der Waals surface area contributed by atoms with Gasteiger partial charge in [0.25, 0.3) is 5.56 Å². The molecule has 2 aromatic carbocycles. The summed E-state index contributed by atoms with van der Waals surface area (Å²) in [7, 11) is 0. The van der Waals surface area contributed by atoms with Crippen molar-refractivity contribution in [1.82, 2.24) is 20.1 Å². The molecule has 2 aromatic heterocycles. The standard InChI is InChI=1S/C21H19FN4O2/c22-15-9-7-14(8-10-15)12-23-19(27)6-3-11-26-18-5-2-1-4-16(18)17-13-24-25-21(28)20(17)26/h1-2,4-5,7-10,13H,3,6,11-12H2,(H,23,27)(H,25,28). The number of para-hydroxylation sites is 1. The van der Waals surface area contributed by atoms with Gasteiger partial charge >= 0.3 is 0 Å². The minimum atomic E-state index is -0.300. The first-order valence-electron chi connectivity index (χ1n) is 9.09. The number of aromatic amines is 1. The number of carbonyl (C=O) groups is 1. The topological polar surface area (TPSA) is 79.8 Å². The highest BCUT2D eigenvalue weighted by Gasteiger charge is 2.13. The van der Waals surface area contributed by atoms with Crippen LogP contribution in [0, 0.1) is 5.82 Å². The van der Waals surface area contributed by atoms with Crippen LogP contribution in [-0.4, -0.2) is 20.7 Å². The van der Waals surface area contributed by atoms with Gasteiger partial charge in [-0.1, -0.05) is 30.3 Å². The van der Waals surface area contributed by atoms with Gasteiger partial charge in [0.2, 0.25) is 5.91 Å². The molecule has 0 aliphatic heterocycles. The molecule has 142 valence electrons. The summed E-state index contributed by atoms with van der Waals surface area (Å²) >= 11 is 0. The van der Waals surface area contributed by atoms with E-state index in [1.807, 2.05) is 28.8 Å². The number of rotatable bonds is 6. The van der Waals surface area contributed by atoms with Gasteiger partial charge in [0.05, 0.1) is 6.20 Å². The SMILES string of the molecule is O=C(CCCn1c2ccccc2c2cn[nH]c(=O)c21)NCc1ccc(F)cc1. The van der Waals surface area contributed by atoms with Crippen molar-refractivity contribution in [3.63, 3.8) is 0 Å².